The molecule has 0 atom stereocenters. The number of rotatable bonds is 12. The Labute approximate surface area is 222 Å². The number of carbonyl (C=O) groups excluding carboxylic acids is 1. The van der Waals surface area contributed by atoms with Gasteiger partial charge in [-0.2, -0.15) is 0 Å². The molecule has 0 radical (unpaired) electrons. The zero-order valence-electron chi connectivity index (χ0n) is 23.2. The van der Waals surface area contributed by atoms with Crippen LogP contribution in [0.2, 0.25) is 16.6 Å². The summed E-state index contributed by atoms with van der Waals surface area (Å²) in [7, 11) is 0.0637. The van der Waals surface area contributed by atoms with Crippen molar-refractivity contribution in [2.45, 2.75) is 71.1 Å². The van der Waals surface area contributed by atoms with Gasteiger partial charge in [-0.3, -0.25) is 9.78 Å². The van der Waals surface area contributed by atoms with Crippen LogP contribution in [0.5, 0.6) is 0 Å². The maximum absolute atomic E-state index is 12.9. The summed E-state index contributed by atoms with van der Waals surface area (Å²) in [6, 6.07) is 13.6. The Morgan fingerprint density at radius 1 is 0.973 bits per heavy atom. The zero-order valence-corrected chi connectivity index (χ0v) is 24.2. The molecule has 7 nitrogen and oxygen atoms in total. The molecular weight excluding hydrogens is 478 g/mol. The highest BCUT2D eigenvalue weighted by molar-refractivity contribution is 6.77. The molecule has 0 saturated heterocycles. The molecule has 37 heavy (non-hydrogen) atoms. The second-order valence-electron chi connectivity index (χ2n) is 10.5. The number of nitrogens with one attached hydrogen (secondary N) is 1. The molecular formula is C29H41N5O2Si. The van der Waals surface area contributed by atoms with E-state index in [0.717, 1.165) is 24.3 Å². The third-order valence-corrected chi connectivity index (χ3v) is 13.2. The molecule has 1 N–H and O–H groups in total. The maximum atomic E-state index is 12.9. The highest BCUT2D eigenvalue weighted by Gasteiger charge is 2.44. The molecule has 3 rings (SSSR count). The number of nitrogens with zero attached hydrogens (tertiary/aromatic N) is 4. The van der Waals surface area contributed by atoms with Crippen LogP contribution in [-0.4, -0.2) is 42.8 Å². The van der Waals surface area contributed by atoms with Gasteiger partial charge in [0.2, 0.25) is 0 Å². The molecule has 1 aromatic carbocycles. The fourth-order valence-electron chi connectivity index (χ4n) is 5.32. The third-order valence-electron chi connectivity index (χ3n) is 7.08. The molecule has 0 fully saturated rings. The lowest BCUT2D eigenvalue weighted by atomic mass is 10.1. The summed E-state index contributed by atoms with van der Waals surface area (Å²) >= 11 is 0. The quantitative estimate of drug-likeness (QED) is 0.275. The van der Waals surface area contributed by atoms with E-state index in [-0.39, 0.29) is 5.91 Å². The minimum atomic E-state index is -1.86. The summed E-state index contributed by atoms with van der Waals surface area (Å²) in [6.07, 6.45) is 5.84. The number of carbonyl (C=O) groups is 1. The Bertz CT molecular complexity index is 1110. The Morgan fingerprint density at radius 2 is 1.65 bits per heavy atom. The summed E-state index contributed by atoms with van der Waals surface area (Å²) in [5.41, 5.74) is 5.02. The molecule has 0 unspecified atom stereocenters. The standard InChI is InChI=1S/C29H41N5O2Si/c1-21(2)37(22(3)4,23(5)6)36-16-14-24-10-12-26(13-11-24)33-29(35)27-17-28(32-20-31-27)34(7)19-25-9-8-15-30-18-25/h8-13,15,17-18,20-23H,14,16,19H2,1-7H3,(H,33,35). The van der Waals surface area contributed by atoms with Gasteiger partial charge in [-0.1, -0.05) is 59.7 Å². The number of anilines is 2. The van der Waals surface area contributed by atoms with Gasteiger partial charge in [-0.15, -0.1) is 0 Å². The Kier molecular flexibility index (Phi) is 9.94. The van der Waals surface area contributed by atoms with E-state index in [0.29, 0.717) is 34.7 Å². The van der Waals surface area contributed by atoms with Crippen LogP contribution >= 0.6 is 0 Å². The highest BCUT2D eigenvalue weighted by Crippen LogP contribution is 2.42. The van der Waals surface area contributed by atoms with E-state index in [9.17, 15) is 4.79 Å². The van der Waals surface area contributed by atoms with Gasteiger partial charge in [-0.25, -0.2) is 9.97 Å². The van der Waals surface area contributed by atoms with Crippen molar-refractivity contribution in [3.63, 3.8) is 0 Å². The lowest BCUT2D eigenvalue weighted by Gasteiger charge is -2.42. The van der Waals surface area contributed by atoms with E-state index < -0.39 is 8.32 Å². The second-order valence-corrected chi connectivity index (χ2v) is 16.0. The van der Waals surface area contributed by atoms with Gasteiger partial charge >= 0.3 is 0 Å². The van der Waals surface area contributed by atoms with Crippen LogP contribution in [0.3, 0.4) is 0 Å². The van der Waals surface area contributed by atoms with Gasteiger partial charge in [-0.05, 0) is 52.4 Å². The normalized spacial score (nSPS) is 11.8. The lowest BCUT2D eigenvalue weighted by Crippen LogP contribution is -2.48. The summed E-state index contributed by atoms with van der Waals surface area (Å²) in [5, 5.41) is 2.94. The highest BCUT2D eigenvalue weighted by atomic mass is 28.4. The molecule has 0 aliphatic carbocycles. The van der Waals surface area contributed by atoms with Gasteiger partial charge < -0.3 is 14.6 Å². The molecule has 0 saturated carbocycles. The van der Waals surface area contributed by atoms with E-state index in [2.05, 4.69) is 73.9 Å². The third kappa shape index (κ3) is 7.23. The number of aromatic nitrogens is 3. The van der Waals surface area contributed by atoms with E-state index in [1.807, 2.05) is 42.4 Å². The van der Waals surface area contributed by atoms with Crippen molar-refractivity contribution in [3.8, 4) is 0 Å². The van der Waals surface area contributed by atoms with Crippen LogP contribution in [-0.2, 0) is 17.4 Å². The van der Waals surface area contributed by atoms with Crippen molar-refractivity contribution < 1.29 is 9.22 Å². The minimum absolute atomic E-state index is 0.268. The van der Waals surface area contributed by atoms with Gasteiger partial charge in [0, 0.05) is 44.3 Å². The zero-order chi connectivity index (χ0) is 27.0. The lowest BCUT2D eigenvalue weighted by molar-refractivity contribution is 0.102. The number of hydrogen-bond acceptors (Lipinski definition) is 6. The number of benzene rings is 1. The SMILES string of the molecule is CC(C)[Si](OCCc1ccc(NC(=O)c2cc(N(C)Cc3cccnc3)ncn2)cc1)(C(C)C)C(C)C. The smallest absolute Gasteiger partial charge is 0.274 e. The van der Waals surface area contributed by atoms with Crippen LogP contribution in [0.25, 0.3) is 0 Å². The van der Waals surface area contributed by atoms with Crippen molar-refractivity contribution in [1.82, 2.24) is 15.0 Å². The van der Waals surface area contributed by atoms with Crippen molar-refractivity contribution >= 4 is 25.7 Å². The molecule has 0 bridgehead atoms. The van der Waals surface area contributed by atoms with E-state index in [1.165, 1.54) is 11.9 Å². The van der Waals surface area contributed by atoms with E-state index >= 15 is 0 Å². The molecule has 198 valence electrons. The van der Waals surface area contributed by atoms with E-state index in [4.69, 9.17) is 4.43 Å². The van der Waals surface area contributed by atoms with Gasteiger partial charge in [0.1, 0.15) is 17.8 Å². The molecule has 1 amide bonds. The summed E-state index contributed by atoms with van der Waals surface area (Å²) in [5.74, 6) is 0.402. The predicted molar refractivity (Wildman–Crippen MR) is 153 cm³/mol. The van der Waals surface area contributed by atoms with Crippen LogP contribution in [0.1, 0.15) is 63.2 Å². The predicted octanol–water partition coefficient (Wildman–Crippen LogP) is 6.49. The first-order chi connectivity index (χ1) is 17.6. The summed E-state index contributed by atoms with van der Waals surface area (Å²) in [6.45, 7) is 15.2. The molecule has 3 aromatic rings. The average Bonchev–Trinajstić information content (AvgIpc) is 2.87. The first-order valence-electron chi connectivity index (χ1n) is 13.1. The Hall–Kier alpha value is -3.10. The largest absolute Gasteiger partial charge is 0.416 e. The van der Waals surface area contributed by atoms with Crippen molar-refractivity contribution in [2.75, 3.05) is 23.9 Å². The van der Waals surface area contributed by atoms with Crippen molar-refractivity contribution in [3.05, 3.63) is 78.0 Å². The number of hydrogen-bond donors (Lipinski definition) is 1. The van der Waals surface area contributed by atoms with Crippen molar-refractivity contribution in [2.24, 2.45) is 0 Å². The van der Waals surface area contributed by atoms with E-state index in [1.54, 1.807) is 12.3 Å². The second kappa shape index (κ2) is 12.9. The monoisotopic (exact) mass is 519 g/mol. The molecule has 8 heteroatoms. The van der Waals surface area contributed by atoms with Gasteiger partial charge in [0.05, 0.1) is 0 Å². The number of amides is 1. The summed E-state index contributed by atoms with van der Waals surface area (Å²) < 4.78 is 6.69. The first-order valence-corrected chi connectivity index (χ1v) is 15.2. The number of pyridine rings is 1. The topological polar surface area (TPSA) is 80.2 Å². The molecule has 0 spiro atoms. The minimum Gasteiger partial charge on any atom is -0.416 e. The first kappa shape index (κ1) is 28.5. The molecule has 2 aromatic heterocycles. The maximum Gasteiger partial charge on any atom is 0.274 e. The average molecular weight is 520 g/mol. The van der Waals surface area contributed by atoms with Gasteiger partial charge in [0.15, 0.2) is 8.32 Å². The van der Waals surface area contributed by atoms with Crippen LogP contribution in [0, 0.1) is 0 Å². The van der Waals surface area contributed by atoms with Crippen LogP contribution < -0.4 is 10.2 Å². The van der Waals surface area contributed by atoms with Crippen molar-refractivity contribution in [1.29, 1.82) is 0 Å². The Balaban J connectivity index is 1.58. The Morgan fingerprint density at radius 3 is 2.24 bits per heavy atom. The molecule has 2 heterocycles. The summed E-state index contributed by atoms with van der Waals surface area (Å²) in [4.78, 5) is 27.5. The fourth-order valence-corrected chi connectivity index (χ4v) is 10.8. The fraction of sp³-hybridized carbons (Fsp3) is 0.448. The van der Waals surface area contributed by atoms with Crippen LogP contribution in [0.4, 0.5) is 11.5 Å². The van der Waals surface area contributed by atoms with Gasteiger partial charge in [0.25, 0.3) is 5.91 Å². The molecule has 0 aliphatic heterocycles. The van der Waals surface area contributed by atoms with Crippen LogP contribution in [0.15, 0.2) is 61.2 Å². The molecule has 0 aliphatic rings.